The Balaban J connectivity index is 2.47. The summed E-state index contributed by atoms with van der Waals surface area (Å²) in [5.41, 5.74) is 0. The van der Waals surface area contributed by atoms with E-state index in [0.29, 0.717) is 6.61 Å². The largest absolute Gasteiger partial charge is 0.367 e. The molecule has 0 aromatic rings. The van der Waals surface area contributed by atoms with Crippen molar-refractivity contribution in [3.8, 4) is 0 Å². The third kappa shape index (κ3) is 2.28. The molecule has 1 aliphatic heterocycles. The molecule has 3 heteroatoms. The van der Waals surface area contributed by atoms with Gasteiger partial charge < -0.3 is 4.74 Å². The zero-order valence-corrected chi connectivity index (χ0v) is 6.32. The molecule has 0 radical (unpaired) electrons. The maximum Gasteiger partial charge on any atom is 0.116 e. The van der Waals surface area contributed by atoms with Gasteiger partial charge in [0.1, 0.15) is 11.9 Å². The van der Waals surface area contributed by atoms with Crippen LogP contribution in [0.5, 0.6) is 0 Å². The molecule has 1 saturated heterocycles. The lowest BCUT2D eigenvalue weighted by molar-refractivity contribution is 0.438. The van der Waals surface area contributed by atoms with E-state index in [9.17, 15) is 4.39 Å². The molecule has 1 atom stereocenters. The van der Waals surface area contributed by atoms with E-state index in [-0.39, 0.29) is 6.10 Å². The number of allylic oxidation sites excluding steroid dienone is 2. The molecule has 1 fully saturated rings. The Morgan fingerprint density at radius 3 is 2.78 bits per heavy atom. The molecule has 1 heterocycles. The van der Waals surface area contributed by atoms with Crippen molar-refractivity contribution in [2.75, 3.05) is 6.61 Å². The van der Waals surface area contributed by atoms with E-state index in [4.69, 9.17) is 4.74 Å². The first-order valence-corrected chi connectivity index (χ1v) is 3.32. The van der Waals surface area contributed by atoms with Crippen LogP contribution in [0, 0.1) is 0 Å². The van der Waals surface area contributed by atoms with Crippen LogP contribution in [-0.2, 0) is 4.74 Å². The highest BCUT2D eigenvalue weighted by atomic mass is 79.9. The molecule has 0 aromatic carbocycles. The summed E-state index contributed by atoms with van der Waals surface area (Å²) in [6.07, 6.45) is 1.40. The third-order valence-corrected chi connectivity index (χ3v) is 1.67. The lowest BCUT2D eigenvalue weighted by Crippen LogP contribution is -1.81. The SMILES string of the molecule is C=C(F)C=C(Br)C1CO1. The monoisotopic (exact) mass is 192 g/mol. The van der Waals surface area contributed by atoms with Crippen LogP contribution in [0.1, 0.15) is 0 Å². The van der Waals surface area contributed by atoms with Crippen LogP contribution in [0.3, 0.4) is 0 Å². The summed E-state index contributed by atoms with van der Waals surface area (Å²) >= 11 is 3.14. The molecular weight excluding hydrogens is 187 g/mol. The van der Waals surface area contributed by atoms with Crippen molar-refractivity contribution >= 4 is 15.9 Å². The maximum atomic E-state index is 12.0. The zero-order chi connectivity index (χ0) is 6.85. The molecule has 0 spiro atoms. The molecule has 1 rings (SSSR count). The van der Waals surface area contributed by atoms with Gasteiger partial charge in [-0.3, -0.25) is 0 Å². The molecule has 1 aliphatic rings. The third-order valence-electron chi connectivity index (χ3n) is 0.935. The van der Waals surface area contributed by atoms with Gasteiger partial charge in [-0.2, -0.15) is 0 Å². The van der Waals surface area contributed by atoms with Crippen LogP contribution < -0.4 is 0 Å². The predicted octanol–water partition coefficient (Wildman–Crippen LogP) is 2.15. The van der Waals surface area contributed by atoms with Gasteiger partial charge >= 0.3 is 0 Å². The summed E-state index contributed by atoms with van der Waals surface area (Å²) in [7, 11) is 0. The van der Waals surface area contributed by atoms with Gasteiger partial charge in [0.05, 0.1) is 6.61 Å². The van der Waals surface area contributed by atoms with Crippen molar-refractivity contribution in [1.82, 2.24) is 0 Å². The number of hydrogen-bond acceptors (Lipinski definition) is 1. The van der Waals surface area contributed by atoms with Gasteiger partial charge in [0.25, 0.3) is 0 Å². The summed E-state index contributed by atoms with van der Waals surface area (Å²) in [6.45, 7) is 3.76. The van der Waals surface area contributed by atoms with Crippen molar-refractivity contribution in [2.45, 2.75) is 6.10 Å². The Bertz CT molecular complexity index is 160. The first-order chi connectivity index (χ1) is 4.20. The summed E-state index contributed by atoms with van der Waals surface area (Å²) in [6, 6.07) is 0. The quantitative estimate of drug-likeness (QED) is 0.483. The highest BCUT2D eigenvalue weighted by molar-refractivity contribution is 9.11. The second kappa shape index (κ2) is 2.62. The van der Waals surface area contributed by atoms with Gasteiger partial charge in [0.15, 0.2) is 0 Å². The maximum absolute atomic E-state index is 12.0. The first kappa shape index (κ1) is 6.96. The Labute approximate surface area is 61.3 Å². The van der Waals surface area contributed by atoms with Gasteiger partial charge in [-0.1, -0.05) is 22.5 Å². The molecule has 0 aromatic heterocycles. The minimum Gasteiger partial charge on any atom is -0.367 e. The van der Waals surface area contributed by atoms with Crippen LogP contribution in [0.4, 0.5) is 4.39 Å². The van der Waals surface area contributed by atoms with Gasteiger partial charge in [-0.15, -0.1) is 0 Å². The van der Waals surface area contributed by atoms with Crippen molar-refractivity contribution < 1.29 is 9.13 Å². The number of halogens is 2. The van der Waals surface area contributed by atoms with E-state index in [0.717, 1.165) is 4.48 Å². The summed E-state index contributed by atoms with van der Waals surface area (Å²) in [4.78, 5) is 0. The second-order valence-electron chi connectivity index (χ2n) is 1.80. The zero-order valence-electron chi connectivity index (χ0n) is 4.73. The Kier molecular flexibility index (Phi) is 2.03. The van der Waals surface area contributed by atoms with Crippen molar-refractivity contribution in [3.05, 3.63) is 23.0 Å². The molecular formula is C6H6BrFO. The van der Waals surface area contributed by atoms with Crippen LogP contribution in [0.25, 0.3) is 0 Å². The molecule has 0 bridgehead atoms. The predicted molar refractivity (Wildman–Crippen MR) is 37.0 cm³/mol. The smallest absolute Gasteiger partial charge is 0.116 e. The van der Waals surface area contributed by atoms with Crippen molar-refractivity contribution in [2.24, 2.45) is 0 Å². The summed E-state index contributed by atoms with van der Waals surface area (Å²) in [5, 5.41) is 0. The van der Waals surface area contributed by atoms with Gasteiger partial charge in [-0.25, -0.2) is 4.39 Å². The molecule has 0 saturated carbocycles. The number of rotatable bonds is 2. The van der Waals surface area contributed by atoms with Gasteiger partial charge in [0, 0.05) is 4.48 Å². The van der Waals surface area contributed by atoms with Crippen LogP contribution in [0.2, 0.25) is 0 Å². The van der Waals surface area contributed by atoms with Crippen LogP contribution >= 0.6 is 15.9 Å². The summed E-state index contributed by atoms with van der Waals surface area (Å²) in [5.74, 6) is -0.447. The number of ether oxygens (including phenoxy) is 1. The molecule has 1 unspecified atom stereocenters. The van der Waals surface area contributed by atoms with E-state index in [1.807, 2.05) is 0 Å². The van der Waals surface area contributed by atoms with E-state index in [2.05, 4.69) is 22.5 Å². The number of hydrogen-bond donors (Lipinski definition) is 0. The van der Waals surface area contributed by atoms with Crippen LogP contribution in [0.15, 0.2) is 23.0 Å². The highest BCUT2D eigenvalue weighted by Gasteiger charge is 2.25. The van der Waals surface area contributed by atoms with E-state index < -0.39 is 5.83 Å². The fourth-order valence-electron chi connectivity index (χ4n) is 0.450. The van der Waals surface area contributed by atoms with Gasteiger partial charge in [0.2, 0.25) is 0 Å². The number of epoxide rings is 1. The fraction of sp³-hybridized carbons (Fsp3) is 0.333. The molecule has 0 amide bonds. The topological polar surface area (TPSA) is 12.5 Å². The van der Waals surface area contributed by atoms with E-state index in [1.54, 1.807) is 0 Å². The Hall–Kier alpha value is -0.150. The molecule has 9 heavy (non-hydrogen) atoms. The van der Waals surface area contributed by atoms with E-state index in [1.165, 1.54) is 6.08 Å². The standard InChI is InChI=1S/C6H6BrFO/c1-4(8)2-5(7)6-3-9-6/h2,6H,1,3H2. The van der Waals surface area contributed by atoms with Crippen LogP contribution in [-0.4, -0.2) is 12.7 Å². The molecule has 0 aliphatic carbocycles. The van der Waals surface area contributed by atoms with Crippen molar-refractivity contribution in [3.63, 3.8) is 0 Å². The Morgan fingerprint density at radius 1 is 1.89 bits per heavy atom. The van der Waals surface area contributed by atoms with Crippen molar-refractivity contribution in [1.29, 1.82) is 0 Å². The molecule has 1 nitrogen and oxygen atoms in total. The fourth-order valence-corrected chi connectivity index (χ4v) is 0.963. The summed E-state index contributed by atoms with van der Waals surface area (Å²) < 4.78 is 17.6. The average molecular weight is 193 g/mol. The lowest BCUT2D eigenvalue weighted by Gasteiger charge is -1.87. The first-order valence-electron chi connectivity index (χ1n) is 2.53. The van der Waals surface area contributed by atoms with E-state index >= 15 is 0 Å². The van der Waals surface area contributed by atoms with Gasteiger partial charge in [-0.05, 0) is 6.08 Å². The molecule has 0 N–H and O–H groups in total. The minimum absolute atomic E-state index is 0.0810. The minimum atomic E-state index is -0.447. The lowest BCUT2D eigenvalue weighted by atomic mass is 10.4. The molecule has 50 valence electrons. The normalized spacial score (nSPS) is 26.0. The highest BCUT2D eigenvalue weighted by Crippen LogP contribution is 2.25. The average Bonchev–Trinajstić information content (AvgIpc) is 2.40. The second-order valence-corrected chi connectivity index (χ2v) is 2.71. The Morgan fingerprint density at radius 2 is 2.44 bits per heavy atom.